The van der Waals surface area contributed by atoms with Gasteiger partial charge in [0.2, 0.25) is 0 Å². The van der Waals surface area contributed by atoms with Gasteiger partial charge in [0.25, 0.3) is 5.91 Å². The number of fused-ring (bicyclic) bond motifs is 1. The Bertz CT molecular complexity index is 1420. The molecule has 3 amide bonds. The smallest absolute Gasteiger partial charge is 0.325 e. The summed E-state index contributed by atoms with van der Waals surface area (Å²) in [6, 6.07) is 18.3. The largest absolute Gasteiger partial charge is 0.497 e. The molecule has 10 heteroatoms. The Labute approximate surface area is 226 Å². The van der Waals surface area contributed by atoms with Crippen molar-refractivity contribution in [3.63, 3.8) is 0 Å². The van der Waals surface area contributed by atoms with Crippen molar-refractivity contribution in [1.29, 1.82) is 0 Å². The average Bonchev–Trinajstić information content (AvgIpc) is 3.46. The normalized spacial score (nSPS) is 16.2. The van der Waals surface area contributed by atoms with Crippen molar-refractivity contribution in [1.82, 2.24) is 20.2 Å². The number of halogens is 1. The first-order valence-electron chi connectivity index (χ1n) is 11.7. The predicted octanol–water partition coefficient (Wildman–Crippen LogP) is 4.12. The van der Waals surface area contributed by atoms with Crippen LogP contribution in [0, 0.1) is 3.57 Å². The lowest BCUT2D eigenvalue weighted by atomic mass is 10.0. The fraction of sp³-hybridized carbons (Fsp3) is 0.222. The number of amides is 3. The highest BCUT2D eigenvalue weighted by Crippen LogP contribution is 2.33. The Morgan fingerprint density at radius 3 is 2.49 bits per heavy atom. The molecule has 0 spiro atoms. The van der Waals surface area contributed by atoms with Crippen LogP contribution in [0.15, 0.2) is 66.7 Å². The van der Waals surface area contributed by atoms with Gasteiger partial charge in [0.15, 0.2) is 0 Å². The zero-order chi connectivity index (χ0) is 25.9. The number of hydrogen-bond donors (Lipinski definition) is 3. The highest BCUT2D eigenvalue weighted by Gasteiger charge is 2.44. The number of imidazole rings is 1. The number of aromatic amines is 1. The van der Waals surface area contributed by atoms with Gasteiger partial charge < -0.3 is 24.9 Å². The minimum atomic E-state index is -0.830. The number of aliphatic hydroxyl groups excluding tert-OH is 1. The van der Waals surface area contributed by atoms with Crippen LogP contribution in [-0.2, 0) is 11.2 Å². The highest BCUT2D eigenvalue weighted by molar-refractivity contribution is 14.1. The molecule has 3 aromatic carbocycles. The number of nitrogens with one attached hydrogen (secondary N) is 2. The molecule has 2 heterocycles. The molecule has 4 aromatic rings. The molecule has 1 aliphatic heterocycles. The number of benzene rings is 3. The summed E-state index contributed by atoms with van der Waals surface area (Å²) >= 11 is 2.23. The van der Waals surface area contributed by atoms with Gasteiger partial charge in [-0.3, -0.25) is 9.69 Å². The maximum absolute atomic E-state index is 13.7. The van der Waals surface area contributed by atoms with Crippen LogP contribution >= 0.6 is 22.6 Å². The van der Waals surface area contributed by atoms with E-state index in [9.17, 15) is 9.59 Å². The lowest BCUT2D eigenvalue weighted by Crippen LogP contribution is -2.36. The van der Waals surface area contributed by atoms with E-state index >= 15 is 0 Å². The van der Waals surface area contributed by atoms with Gasteiger partial charge in [-0.1, -0.05) is 24.3 Å². The average molecular weight is 612 g/mol. The number of ether oxygens (including phenoxy) is 2. The number of methoxy groups -OCH3 is 1. The van der Waals surface area contributed by atoms with E-state index in [1.807, 2.05) is 42.5 Å². The number of carbonyl (C=O) groups is 2. The maximum Gasteiger partial charge on any atom is 0.325 e. The molecule has 0 radical (unpaired) electrons. The van der Waals surface area contributed by atoms with Crippen LogP contribution in [0.25, 0.3) is 11.0 Å². The van der Waals surface area contributed by atoms with E-state index in [0.717, 1.165) is 25.9 Å². The van der Waals surface area contributed by atoms with E-state index < -0.39 is 18.1 Å². The van der Waals surface area contributed by atoms with Gasteiger partial charge in [-0.05, 0) is 76.2 Å². The van der Waals surface area contributed by atoms with Crippen molar-refractivity contribution in [2.45, 2.75) is 18.5 Å². The molecule has 1 unspecified atom stereocenters. The van der Waals surface area contributed by atoms with Gasteiger partial charge in [-0.15, -0.1) is 0 Å². The zero-order valence-corrected chi connectivity index (χ0v) is 22.1. The van der Waals surface area contributed by atoms with Crippen molar-refractivity contribution in [2.75, 3.05) is 20.3 Å². The lowest BCUT2D eigenvalue weighted by Gasteiger charge is -2.24. The first-order chi connectivity index (χ1) is 18.0. The van der Waals surface area contributed by atoms with E-state index in [2.05, 4.69) is 32.9 Å². The number of hydrogen-bond acceptors (Lipinski definition) is 6. The highest BCUT2D eigenvalue weighted by atomic mass is 127. The Morgan fingerprint density at radius 2 is 1.78 bits per heavy atom. The van der Waals surface area contributed by atoms with Crippen LogP contribution < -0.4 is 14.8 Å². The molecule has 1 saturated heterocycles. The van der Waals surface area contributed by atoms with Gasteiger partial charge in [0.1, 0.15) is 36.0 Å². The van der Waals surface area contributed by atoms with Crippen LogP contribution in [0.4, 0.5) is 4.79 Å². The van der Waals surface area contributed by atoms with Gasteiger partial charge in [0.05, 0.1) is 24.8 Å². The Morgan fingerprint density at radius 1 is 1.05 bits per heavy atom. The Balaban J connectivity index is 1.48. The van der Waals surface area contributed by atoms with E-state index in [-0.39, 0.29) is 19.1 Å². The van der Waals surface area contributed by atoms with Crippen molar-refractivity contribution < 1.29 is 24.2 Å². The summed E-state index contributed by atoms with van der Waals surface area (Å²) in [7, 11) is 1.60. The number of rotatable bonds is 9. The number of urea groups is 1. The Hall–Kier alpha value is -3.64. The number of nitrogens with zero attached hydrogens (tertiary/aromatic N) is 2. The third kappa shape index (κ3) is 5.25. The summed E-state index contributed by atoms with van der Waals surface area (Å²) in [6.45, 7) is 0.0835. The topological polar surface area (TPSA) is 117 Å². The Kier molecular flexibility index (Phi) is 7.28. The standard InChI is InChI=1S/C27H25IN4O5/c1-36-19-7-2-16(3-8-19)14-23(25-29-21-11-6-18(28)15-22(21)30-25)32-26(34)24(31-27(32)35)17-4-9-20(10-5-17)37-13-12-33/h2-11,15,23-24,33H,12-14H2,1H3,(H,29,30)(H,31,35)/t23?,24-/m1/s1. The summed E-state index contributed by atoms with van der Waals surface area (Å²) in [6.07, 6.45) is 0.376. The second-order valence-corrected chi connectivity index (χ2v) is 9.83. The summed E-state index contributed by atoms with van der Waals surface area (Å²) in [5.74, 6) is 1.47. The molecule has 9 nitrogen and oxygen atoms in total. The molecule has 1 fully saturated rings. The maximum atomic E-state index is 13.7. The molecular formula is C27H25IN4O5. The summed E-state index contributed by atoms with van der Waals surface area (Å²) in [4.78, 5) is 36.2. The number of imide groups is 1. The van der Waals surface area contributed by atoms with E-state index in [1.165, 1.54) is 4.90 Å². The number of aromatic nitrogens is 2. The number of carbonyl (C=O) groups excluding carboxylic acids is 2. The lowest BCUT2D eigenvalue weighted by molar-refractivity contribution is -0.129. The van der Waals surface area contributed by atoms with Crippen molar-refractivity contribution in [3.8, 4) is 11.5 Å². The second kappa shape index (κ2) is 10.8. The van der Waals surface area contributed by atoms with Gasteiger partial charge in [-0.2, -0.15) is 0 Å². The quantitative estimate of drug-likeness (QED) is 0.194. The van der Waals surface area contributed by atoms with E-state index in [0.29, 0.717) is 23.6 Å². The molecule has 5 rings (SSSR count). The van der Waals surface area contributed by atoms with Crippen LogP contribution in [0.5, 0.6) is 11.5 Å². The van der Waals surface area contributed by atoms with Crippen LogP contribution in [0.3, 0.4) is 0 Å². The molecule has 3 N–H and O–H groups in total. The van der Waals surface area contributed by atoms with Gasteiger partial charge in [0, 0.05) is 9.99 Å². The molecule has 2 atom stereocenters. The molecule has 1 aromatic heterocycles. The van der Waals surface area contributed by atoms with Crippen LogP contribution in [-0.4, -0.2) is 52.2 Å². The minimum absolute atomic E-state index is 0.0929. The summed E-state index contributed by atoms with van der Waals surface area (Å²) in [5.41, 5.74) is 3.16. The fourth-order valence-electron chi connectivity index (χ4n) is 4.39. The third-order valence-electron chi connectivity index (χ3n) is 6.22. The minimum Gasteiger partial charge on any atom is -0.497 e. The SMILES string of the molecule is COc1ccc(CC(c2nc3cc(I)ccc3[nH]2)N2C(=O)N[C@H](c3ccc(OCCO)cc3)C2=O)cc1. The van der Waals surface area contributed by atoms with E-state index in [4.69, 9.17) is 19.6 Å². The van der Waals surface area contributed by atoms with E-state index in [1.54, 1.807) is 31.4 Å². The molecule has 1 aliphatic rings. The monoisotopic (exact) mass is 612 g/mol. The molecular weight excluding hydrogens is 587 g/mol. The van der Waals surface area contributed by atoms with Crippen molar-refractivity contribution >= 4 is 45.6 Å². The molecule has 37 heavy (non-hydrogen) atoms. The van der Waals surface area contributed by atoms with Crippen LogP contribution in [0.1, 0.15) is 29.0 Å². The molecule has 0 saturated carbocycles. The summed E-state index contributed by atoms with van der Waals surface area (Å²) < 4.78 is 11.7. The zero-order valence-electron chi connectivity index (χ0n) is 20.0. The number of H-pyrrole nitrogens is 1. The second-order valence-electron chi connectivity index (χ2n) is 8.58. The number of aliphatic hydroxyl groups is 1. The first kappa shape index (κ1) is 25.0. The van der Waals surface area contributed by atoms with Crippen molar-refractivity contribution in [3.05, 3.63) is 87.3 Å². The third-order valence-corrected chi connectivity index (χ3v) is 6.89. The van der Waals surface area contributed by atoms with Gasteiger partial charge >= 0.3 is 6.03 Å². The van der Waals surface area contributed by atoms with Gasteiger partial charge in [-0.25, -0.2) is 9.78 Å². The van der Waals surface area contributed by atoms with Crippen LogP contribution in [0.2, 0.25) is 0 Å². The molecule has 190 valence electrons. The summed E-state index contributed by atoms with van der Waals surface area (Å²) in [5, 5.41) is 11.8. The molecule has 0 bridgehead atoms. The van der Waals surface area contributed by atoms with Crippen molar-refractivity contribution in [2.24, 2.45) is 0 Å². The first-order valence-corrected chi connectivity index (χ1v) is 12.8. The predicted molar refractivity (Wildman–Crippen MR) is 145 cm³/mol. The molecule has 0 aliphatic carbocycles. The fourth-order valence-corrected chi connectivity index (χ4v) is 4.86.